The number of aromatic nitrogens is 1. The van der Waals surface area contributed by atoms with Crippen LogP contribution in [0.3, 0.4) is 0 Å². The standard InChI is InChI=1S/C21H34N4O.HI/c1-2-23-20(24-16-19(26)18-8-13-22-14-9-18)25-15-7-12-21(17-25)10-5-3-4-6-11-21;/h8-9,13-14,19,26H,2-7,10-12,15-17H2,1H3,(H,23,24);1H. The van der Waals surface area contributed by atoms with E-state index in [1.165, 1.54) is 51.4 Å². The highest BCUT2D eigenvalue weighted by atomic mass is 127. The lowest BCUT2D eigenvalue weighted by Crippen LogP contribution is -2.50. The summed E-state index contributed by atoms with van der Waals surface area (Å²) in [6.07, 6.45) is 13.7. The van der Waals surface area contributed by atoms with Crippen molar-refractivity contribution in [3.63, 3.8) is 0 Å². The van der Waals surface area contributed by atoms with E-state index in [0.717, 1.165) is 31.2 Å². The number of nitrogens with zero attached hydrogens (tertiary/aromatic N) is 3. The van der Waals surface area contributed by atoms with Crippen LogP contribution in [0, 0.1) is 5.41 Å². The molecular formula is C21H35IN4O. The van der Waals surface area contributed by atoms with Gasteiger partial charge in [-0.1, -0.05) is 25.7 Å². The van der Waals surface area contributed by atoms with Crippen LogP contribution in [0.25, 0.3) is 0 Å². The SMILES string of the molecule is CCNC(=NCC(O)c1ccncc1)N1CCCC2(CCCCCC2)C1.I. The number of aliphatic imine (C=N–C) groups is 1. The van der Waals surface area contributed by atoms with Crippen molar-refractivity contribution in [3.05, 3.63) is 30.1 Å². The molecule has 6 heteroatoms. The Balaban J connectivity index is 0.00000261. The summed E-state index contributed by atoms with van der Waals surface area (Å²) >= 11 is 0. The van der Waals surface area contributed by atoms with E-state index in [2.05, 4.69) is 22.1 Å². The molecule has 1 aromatic heterocycles. The van der Waals surface area contributed by atoms with E-state index in [1.807, 2.05) is 12.1 Å². The predicted octanol–water partition coefficient (Wildman–Crippen LogP) is 4.13. The summed E-state index contributed by atoms with van der Waals surface area (Å²) in [7, 11) is 0. The molecule has 2 fully saturated rings. The highest BCUT2D eigenvalue weighted by Crippen LogP contribution is 2.42. The average Bonchev–Trinajstić information content (AvgIpc) is 2.91. The van der Waals surface area contributed by atoms with Crippen LogP contribution in [-0.2, 0) is 0 Å². The summed E-state index contributed by atoms with van der Waals surface area (Å²) in [4.78, 5) is 11.2. The largest absolute Gasteiger partial charge is 0.386 e. The number of halogens is 1. The van der Waals surface area contributed by atoms with Gasteiger partial charge in [0.2, 0.25) is 0 Å². The Kier molecular flexibility index (Phi) is 9.29. The topological polar surface area (TPSA) is 60.8 Å². The molecule has 5 nitrogen and oxygen atoms in total. The fourth-order valence-corrected chi connectivity index (χ4v) is 4.57. The second-order valence-electron chi connectivity index (χ2n) is 7.93. The molecule has 1 spiro atoms. The number of nitrogens with one attached hydrogen (secondary N) is 1. The summed E-state index contributed by atoms with van der Waals surface area (Å²) in [6, 6.07) is 3.71. The van der Waals surface area contributed by atoms with Crippen LogP contribution in [0.1, 0.15) is 70.0 Å². The third-order valence-corrected chi connectivity index (χ3v) is 5.96. The second-order valence-corrected chi connectivity index (χ2v) is 7.93. The van der Waals surface area contributed by atoms with Crippen LogP contribution in [0.4, 0.5) is 0 Å². The van der Waals surface area contributed by atoms with Gasteiger partial charge >= 0.3 is 0 Å². The molecule has 2 N–H and O–H groups in total. The van der Waals surface area contributed by atoms with Gasteiger partial charge in [0, 0.05) is 32.0 Å². The van der Waals surface area contributed by atoms with Gasteiger partial charge in [-0.15, -0.1) is 24.0 Å². The van der Waals surface area contributed by atoms with Crippen LogP contribution in [0.5, 0.6) is 0 Å². The first-order valence-corrected chi connectivity index (χ1v) is 10.3. The Bertz CT molecular complexity index is 573. The van der Waals surface area contributed by atoms with E-state index in [4.69, 9.17) is 4.99 Å². The number of aliphatic hydroxyl groups is 1. The van der Waals surface area contributed by atoms with Gasteiger partial charge in [0.15, 0.2) is 5.96 Å². The lowest BCUT2D eigenvalue weighted by Gasteiger charge is -2.44. The van der Waals surface area contributed by atoms with Gasteiger partial charge in [0.1, 0.15) is 0 Å². The maximum Gasteiger partial charge on any atom is 0.194 e. The first-order chi connectivity index (χ1) is 12.7. The average molecular weight is 486 g/mol. The predicted molar refractivity (Wildman–Crippen MR) is 122 cm³/mol. The van der Waals surface area contributed by atoms with Gasteiger partial charge in [0.25, 0.3) is 0 Å². The van der Waals surface area contributed by atoms with Crippen LogP contribution >= 0.6 is 24.0 Å². The minimum Gasteiger partial charge on any atom is -0.386 e. The number of piperidine rings is 1. The molecule has 1 unspecified atom stereocenters. The summed E-state index contributed by atoms with van der Waals surface area (Å²) in [5, 5.41) is 13.9. The fourth-order valence-electron chi connectivity index (χ4n) is 4.57. The molecule has 1 saturated carbocycles. The highest BCUT2D eigenvalue weighted by molar-refractivity contribution is 14.0. The molecule has 0 amide bonds. The zero-order chi connectivity index (χ0) is 18.2. The number of guanidine groups is 1. The van der Waals surface area contributed by atoms with Crippen LogP contribution < -0.4 is 5.32 Å². The van der Waals surface area contributed by atoms with Crippen molar-refractivity contribution in [2.45, 2.75) is 64.4 Å². The van der Waals surface area contributed by atoms with E-state index in [1.54, 1.807) is 12.4 Å². The molecule has 0 aromatic carbocycles. The van der Waals surface area contributed by atoms with Crippen LogP contribution in [0.15, 0.2) is 29.5 Å². The van der Waals surface area contributed by atoms with E-state index in [0.29, 0.717) is 12.0 Å². The quantitative estimate of drug-likeness (QED) is 0.382. The Morgan fingerprint density at radius 1 is 1.19 bits per heavy atom. The Hall–Kier alpha value is -0.890. The van der Waals surface area contributed by atoms with Crippen LogP contribution in [0.2, 0.25) is 0 Å². The first kappa shape index (κ1) is 22.4. The summed E-state index contributed by atoms with van der Waals surface area (Å²) in [5.74, 6) is 0.962. The first-order valence-electron chi connectivity index (χ1n) is 10.3. The summed E-state index contributed by atoms with van der Waals surface area (Å²) < 4.78 is 0. The maximum absolute atomic E-state index is 10.4. The Morgan fingerprint density at radius 2 is 1.85 bits per heavy atom. The van der Waals surface area contributed by atoms with Gasteiger partial charge in [0.05, 0.1) is 12.6 Å². The number of hydrogen-bond donors (Lipinski definition) is 2. The summed E-state index contributed by atoms with van der Waals surface area (Å²) in [5.41, 5.74) is 1.35. The minimum absolute atomic E-state index is 0. The van der Waals surface area contributed by atoms with Crippen molar-refractivity contribution >= 4 is 29.9 Å². The molecule has 1 aromatic rings. The van der Waals surface area contributed by atoms with Gasteiger partial charge < -0.3 is 15.3 Å². The van der Waals surface area contributed by atoms with Gasteiger partial charge in [-0.2, -0.15) is 0 Å². The van der Waals surface area contributed by atoms with E-state index in [-0.39, 0.29) is 24.0 Å². The van der Waals surface area contributed by atoms with Crippen LogP contribution in [-0.4, -0.2) is 47.1 Å². The van der Waals surface area contributed by atoms with Gasteiger partial charge in [-0.25, -0.2) is 0 Å². The smallest absolute Gasteiger partial charge is 0.194 e. The van der Waals surface area contributed by atoms with Crippen molar-refractivity contribution < 1.29 is 5.11 Å². The number of rotatable bonds is 4. The minimum atomic E-state index is -0.580. The van der Waals surface area contributed by atoms with Crippen molar-refractivity contribution in [2.75, 3.05) is 26.2 Å². The Morgan fingerprint density at radius 3 is 2.52 bits per heavy atom. The third kappa shape index (κ3) is 6.31. The van der Waals surface area contributed by atoms with E-state index in [9.17, 15) is 5.11 Å². The molecule has 1 aliphatic carbocycles. The van der Waals surface area contributed by atoms with Gasteiger partial charge in [-0.05, 0) is 55.7 Å². The molecular weight excluding hydrogens is 451 g/mol. The maximum atomic E-state index is 10.4. The van der Waals surface area contributed by atoms with E-state index >= 15 is 0 Å². The lowest BCUT2D eigenvalue weighted by atomic mass is 9.74. The monoisotopic (exact) mass is 486 g/mol. The highest BCUT2D eigenvalue weighted by Gasteiger charge is 2.36. The molecule has 0 bridgehead atoms. The number of aliphatic hydroxyl groups excluding tert-OH is 1. The third-order valence-electron chi connectivity index (χ3n) is 5.96. The van der Waals surface area contributed by atoms with Crippen molar-refractivity contribution in [2.24, 2.45) is 10.4 Å². The molecule has 2 heterocycles. The van der Waals surface area contributed by atoms with Crippen molar-refractivity contribution in [1.82, 2.24) is 15.2 Å². The molecule has 1 aliphatic heterocycles. The molecule has 2 aliphatic rings. The number of pyridine rings is 1. The fraction of sp³-hybridized carbons (Fsp3) is 0.714. The zero-order valence-corrected chi connectivity index (χ0v) is 18.9. The van der Waals surface area contributed by atoms with Crippen molar-refractivity contribution in [3.8, 4) is 0 Å². The molecule has 1 saturated heterocycles. The zero-order valence-electron chi connectivity index (χ0n) is 16.6. The Labute approximate surface area is 181 Å². The summed E-state index contributed by atoms with van der Waals surface area (Å²) in [6.45, 7) is 5.53. The lowest BCUT2D eigenvalue weighted by molar-refractivity contribution is 0.115. The number of likely N-dealkylation sites (tertiary alicyclic amines) is 1. The molecule has 3 rings (SSSR count). The van der Waals surface area contributed by atoms with Crippen molar-refractivity contribution in [1.29, 1.82) is 0 Å². The second kappa shape index (κ2) is 11.2. The van der Waals surface area contributed by atoms with Gasteiger partial charge in [-0.3, -0.25) is 9.98 Å². The number of hydrogen-bond acceptors (Lipinski definition) is 3. The molecule has 0 radical (unpaired) electrons. The molecule has 152 valence electrons. The normalized spacial score (nSPS) is 21.3. The molecule has 1 atom stereocenters. The molecule has 27 heavy (non-hydrogen) atoms. The van der Waals surface area contributed by atoms with E-state index < -0.39 is 6.10 Å².